The summed E-state index contributed by atoms with van der Waals surface area (Å²) in [6.45, 7) is 4.24. The van der Waals surface area contributed by atoms with Crippen LogP contribution in [0.1, 0.15) is 66.7 Å². The zero-order valence-corrected chi connectivity index (χ0v) is 20.7. The van der Waals surface area contributed by atoms with Crippen LogP contribution in [0.15, 0.2) is 48.5 Å². The second kappa shape index (κ2) is 11.5. The maximum atomic E-state index is 12.9. The van der Waals surface area contributed by atoms with E-state index in [0.29, 0.717) is 29.5 Å². The summed E-state index contributed by atoms with van der Waals surface area (Å²) in [4.78, 5) is 51.5. The summed E-state index contributed by atoms with van der Waals surface area (Å²) in [6, 6.07) is 12.4. The van der Waals surface area contributed by atoms with Crippen LogP contribution in [-0.4, -0.2) is 48.9 Å². The highest BCUT2D eigenvalue weighted by molar-refractivity contribution is 6.22. The van der Waals surface area contributed by atoms with E-state index >= 15 is 0 Å². The van der Waals surface area contributed by atoms with E-state index < -0.39 is 18.6 Å². The molecule has 2 aliphatic rings. The first-order valence-corrected chi connectivity index (χ1v) is 12.5. The number of imide groups is 1. The normalized spacial score (nSPS) is 21.9. The van der Waals surface area contributed by atoms with E-state index in [1.165, 1.54) is 17.0 Å². The molecule has 4 rings (SSSR count). The summed E-state index contributed by atoms with van der Waals surface area (Å²) in [5, 5.41) is 3.37. The lowest BCUT2D eigenvalue weighted by molar-refractivity contribution is -0.121. The first-order chi connectivity index (χ1) is 17.4. The van der Waals surface area contributed by atoms with Gasteiger partial charge in [-0.2, -0.15) is 0 Å². The number of nitrogens with zero attached hydrogens (tertiary/aromatic N) is 1. The van der Waals surface area contributed by atoms with Gasteiger partial charge in [-0.1, -0.05) is 6.92 Å². The summed E-state index contributed by atoms with van der Waals surface area (Å²) in [6.07, 6.45) is 4.40. The van der Waals surface area contributed by atoms with Crippen LogP contribution in [0.4, 0.5) is 5.69 Å². The standard InChI is InChI=1S/C28H32N2O6/c1-3-35-23-14-8-19(9-15-23)25(31)17-36-28(34)20-6-12-22(13-7-20)30-26(32)16-24(27(30)33)29-21-10-4-18(2)5-11-21/h6-9,12-15,18,21,24,29H,3-5,10-11,16-17H2,1-2H3. The number of carbonyl (C=O) groups is 4. The molecule has 8 heteroatoms. The molecule has 0 spiro atoms. The lowest BCUT2D eigenvalue weighted by Gasteiger charge is -2.28. The van der Waals surface area contributed by atoms with E-state index in [2.05, 4.69) is 12.2 Å². The number of esters is 1. The Balaban J connectivity index is 1.31. The molecule has 1 saturated carbocycles. The summed E-state index contributed by atoms with van der Waals surface area (Å²) in [5.41, 5.74) is 1.05. The molecule has 2 amide bonds. The topological polar surface area (TPSA) is 102 Å². The van der Waals surface area contributed by atoms with Crippen molar-refractivity contribution in [3.8, 4) is 5.75 Å². The van der Waals surface area contributed by atoms with Crippen LogP contribution in [0.25, 0.3) is 0 Å². The molecule has 1 aliphatic carbocycles. The minimum absolute atomic E-state index is 0.127. The molecule has 2 fully saturated rings. The lowest BCUT2D eigenvalue weighted by atomic mass is 9.87. The van der Waals surface area contributed by atoms with E-state index in [-0.39, 0.29) is 35.6 Å². The van der Waals surface area contributed by atoms with Crippen molar-refractivity contribution in [3.05, 3.63) is 59.7 Å². The Morgan fingerprint density at radius 1 is 0.944 bits per heavy atom. The number of ether oxygens (including phenoxy) is 2. The molecule has 36 heavy (non-hydrogen) atoms. The molecular weight excluding hydrogens is 460 g/mol. The van der Waals surface area contributed by atoms with Crippen LogP contribution in [0, 0.1) is 5.92 Å². The number of Topliss-reactive ketones (excluding diaryl/α,β-unsaturated/α-hetero) is 1. The minimum Gasteiger partial charge on any atom is -0.494 e. The second-order valence-electron chi connectivity index (χ2n) is 9.45. The van der Waals surface area contributed by atoms with Crippen LogP contribution in [-0.2, 0) is 14.3 Å². The van der Waals surface area contributed by atoms with Crippen molar-refractivity contribution in [1.82, 2.24) is 5.32 Å². The Labute approximate surface area is 210 Å². The van der Waals surface area contributed by atoms with Crippen molar-refractivity contribution >= 4 is 29.3 Å². The first-order valence-electron chi connectivity index (χ1n) is 12.5. The number of rotatable bonds is 9. The van der Waals surface area contributed by atoms with Gasteiger partial charge in [0.2, 0.25) is 5.91 Å². The van der Waals surface area contributed by atoms with Crippen LogP contribution < -0.4 is 15.0 Å². The minimum atomic E-state index is -0.661. The van der Waals surface area contributed by atoms with Gasteiger partial charge in [-0.15, -0.1) is 0 Å². The molecule has 2 aromatic rings. The van der Waals surface area contributed by atoms with E-state index in [1.54, 1.807) is 36.4 Å². The van der Waals surface area contributed by atoms with Gasteiger partial charge < -0.3 is 14.8 Å². The monoisotopic (exact) mass is 492 g/mol. The molecule has 1 unspecified atom stereocenters. The van der Waals surface area contributed by atoms with Crippen molar-refractivity contribution in [3.63, 3.8) is 0 Å². The quantitative estimate of drug-likeness (QED) is 0.322. The van der Waals surface area contributed by atoms with Gasteiger partial charge in [-0.05, 0) is 87.1 Å². The lowest BCUT2D eigenvalue weighted by Crippen LogP contribution is -2.45. The Morgan fingerprint density at radius 2 is 1.58 bits per heavy atom. The fourth-order valence-electron chi connectivity index (χ4n) is 4.69. The van der Waals surface area contributed by atoms with Gasteiger partial charge in [0, 0.05) is 11.6 Å². The average molecular weight is 493 g/mol. The molecule has 8 nitrogen and oxygen atoms in total. The maximum Gasteiger partial charge on any atom is 0.338 e. The average Bonchev–Trinajstić information content (AvgIpc) is 3.16. The molecule has 2 aromatic carbocycles. The van der Waals surface area contributed by atoms with Gasteiger partial charge >= 0.3 is 5.97 Å². The van der Waals surface area contributed by atoms with Gasteiger partial charge in [0.25, 0.3) is 5.91 Å². The molecule has 190 valence electrons. The predicted octanol–water partition coefficient (Wildman–Crippen LogP) is 3.93. The third kappa shape index (κ3) is 5.99. The highest BCUT2D eigenvalue weighted by atomic mass is 16.5. The summed E-state index contributed by atoms with van der Waals surface area (Å²) in [7, 11) is 0. The van der Waals surface area contributed by atoms with Crippen molar-refractivity contribution in [1.29, 1.82) is 0 Å². The highest BCUT2D eigenvalue weighted by Crippen LogP contribution is 2.27. The first kappa shape index (κ1) is 25.6. The van der Waals surface area contributed by atoms with E-state index in [4.69, 9.17) is 9.47 Å². The number of hydrogen-bond acceptors (Lipinski definition) is 7. The molecule has 1 heterocycles. The molecule has 0 bridgehead atoms. The Kier molecular flexibility index (Phi) is 8.15. The van der Waals surface area contributed by atoms with Crippen molar-refractivity contribution < 1.29 is 28.7 Å². The van der Waals surface area contributed by atoms with Gasteiger partial charge in [-0.25, -0.2) is 9.69 Å². The van der Waals surface area contributed by atoms with Gasteiger partial charge in [0.05, 0.1) is 30.3 Å². The Hall–Kier alpha value is -3.52. The zero-order valence-electron chi connectivity index (χ0n) is 20.7. The molecule has 1 N–H and O–H groups in total. The Bertz CT molecular complexity index is 1100. The second-order valence-corrected chi connectivity index (χ2v) is 9.45. The van der Waals surface area contributed by atoms with Gasteiger partial charge in [0.15, 0.2) is 12.4 Å². The summed E-state index contributed by atoms with van der Waals surface area (Å²) < 4.78 is 10.5. The number of nitrogens with one attached hydrogen (secondary N) is 1. The number of amides is 2. The number of hydrogen-bond donors (Lipinski definition) is 1. The highest BCUT2D eigenvalue weighted by Gasteiger charge is 2.40. The number of carbonyl (C=O) groups excluding carboxylic acids is 4. The number of ketones is 1. The fraction of sp³-hybridized carbons (Fsp3) is 0.429. The van der Waals surface area contributed by atoms with E-state index in [1.807, 2.05) is 6.92 Å². The fourth-order valence-corrected chi connectivity index (χ4v) is 4.69. The maximum absolute atomic E-state index is 12.9. The molecule has 0 radical (unpaired) electrons. The third-order valence-electron chi connectivity index (χ3n) is 6.78. The van der Waals surface area contributed by atoms with E-state index in [9.17, 15) is 19.2 Å². The van der Waals surface area contributed by atoms with Crippen LogP contribution in [0.2, 0.25) is 0 Å². The molecule has 1 atom stereocenters. The zero-order chi connectivity index (χ0) is 25.7. The van der Waals surface area contributed by atoms with Gasteiger partial charge in [0.1, 0.15) is 5.75 Å². The summed E-state index contributed by atoms with van der Waals surface area (Å²) >= 11 is 0. The molecule has 1 saturated heterocycles. The molecular formula is C28H32N2O6. The van der Waals surface area contributed by atoms with E-state index in [0.717, 1.165) is 25.7 Å². The SMILES string of the molecule is CCOc1ccc(C(=O)COC(=O)c2ccc(N3C(=O)CC(NC4CCC(C)CC4)C3=O)cc2)cc1. The van der Waals surface area contributed by atoms with Crippen molar-refractivity contribution in [2.24, 2.45) is 5.92 Å². The Morgan fingerprint density at radius 3 is 2.22 bits per heavy atom. The van der Waals surface area contributed by atoms with Crippen molar-refractivity contribution in [2.75, 3.05) is 18.1 Å². The van der Waals surface area contributed by atoms with Crippen LogP contribution in [0.5, 0.6) is 5.75 Å². The third-order valence-corrected chi connectivity index (χ3v) is 6.78. The molecule has 0 aromatic heterocycles. The van der Waals surface area contributed by atoms with Crippen LogP contribution in [0.3, 0.4) is 0 Å². The smallest absolute Gasteiger partial charge is 0.338 e. The molecule has 1 aliphatic heterocycles. The largest absolute Gasteiger partial charge is 0.494 e. The number of benzene rings is 2. The van der Waals surface area contributed by atoms with Crippen LogP contribution >= 0.6 is 0 Å². The number of anilines is 1. The summed E-state index contributed by atoms with van der Waals surface area (Å²) in [5.74, 6) is -0.163. The predicted molar refractivity (Wildman–Crippen MR) is 134 cm³/mol. The van der Waals surface area contributed by atoms with Gasteiger partial charge in [-0.3, -0.25) is 14.4 Å². The van der Waals surface area contributed by atoms with Crippen molar-refractivity contribution in [2.45, 2.75) is 58.0 Å².